The number of anilines is 1. The van der Waals surface area contributed by atoms with Crippen LogP contribution in [0.1, 0.15) is 20.3 Å². The van der Waals surface area contributed by atoms with Crippen LogP contribution in [-0.4, -0.2) is 23.3 Å². The van der Waals surface area contributed by atoms with E-state index in [0.717, 1.165) is 34.5 Å². The maximum Gasteiger partial charge on any atom is 0.231 e. The monoisotopic (exact) mass is 264 g/mol. The molecule has 1 aromatic carbocycles. The first-order chi connectivity index (χ1) is 8.68. The van der Waals surface area contributed by atoms with Gasteiger partial charge in [0.2, 0.25) is 6.79 Å². The molecule has 0 radical (unpaired) electrons. The molecule has 5 heteroatoms. The third-order valence-corrected chi connectivity index (χ3v) is 4.51. The fourth-order valence-corrected chi connectivity index (χ4v) is 3.07. The van der Waals surface area contributed by atoms with Gasteiger partial charge in [-0.2, -0.15) is 0 Å². The van der Waals surface area contributed by atoms with Gasteiger partial charge in [-0.05, 0) is 25.5 Å². The number of hydrogen-bond donors (Lipinski definition) is 1. The van der Waals surface area contributed by atoms with E-state index < -0.39 is 0 Å². The van der Waals surface area contributed by atoms with Gasteiger partial charge in [-0.3, -0.25) is 4.99 Å². The smallest absolute Gasteiger partial charge is 0.231 e. The Kier molecular flexibility index (Phi) is 2.86. The highest BCUT2D eigenvalue weighted by Gasteiger charge is 2.28. The van der Waals surface area contributed by atoms with E-state index in [9.17, 15) is 0 Å². The van der Waals surface area contributed by atoms with Gasteiger partial charge in [-0.1, -0.05) is 18.7 Å². The van der Waals surface area contributed by atoms with Crippen LogP contribution in [0.4, 0.5) is 5.69 Å². The van der Waals surface area contributed by atoms with Gasteiger partial charge in [0.15, 0.2) is 16.7 Å². The molecule has 2 aliphatic heterocycles. The lowest BCUT2D eigenvalue weighted by atomic mass is 10.0. The minimum Gasteiger partial charge on any atom is -0.454 e. The van der Waals surface area contributed by atoms with Crippen LogP contribution in [0, 0.1) is 0 Å². The second kappa shape index (κ2) is 4.39. The molecule has 1 aromatic rings. The first kappa shape index (κ1) is 11.7. The van der Waals surface area contributed by atoms with Crippen molar-refractivity contribution in [1.82, 2.24) is 0 Å². The van der Waals surface area contributed by atoms with Gasteiger partial charge in [-0.15, -0.1) is 0 Å². The fourth-order valence-electron chi connectivity index (χ4n) is 1.88. The SMILES string of the molecule is CCC1(C)CSC(Nc2ccc3c(c2)OCO3)=N1. The molecule has 4 nitrogen and oxygen atoms in total. The van der Waals surface area contributed by atoms with E-state index in [1.807, 2.05) is 18.2 Å². The predicted molar refractivity (Wildman–Crippen MR) is 74.8 cm³/mol. The molecule has 3 rings (SSSR count). The maximum atomic E-state index is 5.36. The zero-order valence-electron chi connectivity index (χ0n) is 10.5. The average molecular weight is 264 g/mol. The van der Waals surface area contributed by atoms with Crippen molar-refractivity contribution in [3.63, 3.8) is 0 Å². The number of benzene rings is 1. The standard InChI is InChI=1S/C13H16N2O2S/c1-3-13(2)7-18-12(15-13)14-9-4-5-10-11(6-9)17-8-16-10/h4-6H,3,7-8H2,1-2H3,(H,14,15). The Hall–Kier alpha value is -1.36. The van der Waals surface area contributed by atoms with Crippen molar-refractivity contribution in [3.8, 4) is 11.5 Å². The Morgan fingerprint density at radius 2 is 2.22 bits per heavy atom. The average Bonchev–Trinajstić information content (AvgIpc) is 2.96. The molecule has 1 atom stereocenters. The van der Waals surface area contributed by atoms with Crippen LogP contribution in [0.5, 0.6) is 11.5 Å². The van der Waals surface area contributed by atoms with Gasteiger partial charge in [0.25, 0.3) is 0 Å². The van der Waals surface area contributed by atoms with Gasteiger partial charge in [-0.25, -0.2) is 0 Å². The lowest BCUT2D eigenvalue weighted by molar-refractivity contribution is 0.174. The van der Waals surface area contributed by atoms with Gasteiger partial charge in [0.05, 0.1) is 5.54 Å². The lowest BCUT2D eigenvalue weighted by Gasteiger charge is -2.15. The van der Waals surface area contributed by atoms with Gasteiger partial charge >= 0.3 is 0 Å². The third kappa shape index (κ3) is 2.14. The summed E-state index contributed by atoms with van der Waals surface area (Å²) in [5.41, 5.74) is 1.06. The highest BCUT2D eigenvalue weighted by Crippen LogP contribution is 2.36. The largest absolute Gasteiger partial charge is 0.454 e. The van der Waals surface area contributed by atoms with E-state index in [0.29, 0.717) is 6.79 Å². The van der Waals surface area contributed by atoms with Crippen molar-refractivity contribution >= 4 is 22.6 Å². The molecule has 18 heavy (non-hydrogen) atoms. The molecule has 1 N–H and O–H groups in total. The number of thioether (sulfide) groups is 1. The zero-order valence-corrected chi connectivity index (χ0v) is 11.3. The number of hydrogen-bond acceptors (Lipinski definition) is 5. The minimum absolute atomic E-state index is 0.0728. The molecule has 0 fully saturated rings. The molecule has 1 unspecified atom stereocenters. The molecular formula is C13H16N2O2S. The predicted octanol–water partition coefficient (Wildman–Crippen LogP) is 3.10. The number of aliphatic imine (C=N–C) groups is 1. The number of amidine groups is 1. The van der Waals surface area contributed by atoms with E-state index in [2.05, 4.69) is 19.2 Å². The van der Waals surface area contributed by atoms with Crippen molar-refractivity contribution < 1.29 is 9.47 Å². The molecule has 0 aliphatic carbocycles. The molecule has 0 saturated heterocycles. The van der Waals surface area contributed by atoms with E-state index in [4.69, 9.17) is 14.5 Å². The number of ether oxygens (including phenoxy) is 2. The molecule has 0 aromatic heterocycles. The lowest BCUT2D eigenvalue weighted by Crippen LogP contribution is -2.20. The maximum absolute atomic E-state index is 5.36. The van der Waals surface area contributed by atoms with E-state index in [1.165, 1.54) is 0 Å². The van der Waals surface area contributed by atoms with Gasteiger partial charge in [0, 0.05) is 17.5 Å². The summed E-state index contributed by atoms with van der Waals surface area (Å²) in [5.74, 6) is 2.64. The summed E-state index contributed by atoms with van der Waals surface area (Å²) in [6, 6.07) is 5.86. The Balaban J connectivity index is 1.76. The Bertz CT molecular complexity index is 504. The van der Waals surface area contributed by atoms with Crippen molar-refractivity contribution in [1.29, 1.82) is 0 Å². The quantitative estimate of drug-likeness (QED) is 0.891. The van der Waals surface area contributed by atoms with Crippen molar-refractivity contribution in [2.24, 2.45) is 4.99 Å². The molecular weight excluding hydrogens is 248 g/mol. The normalized spacial score (nSPS) is 25.1. The number of nitrogens with zero attached hydrogens (tertiary/aromatic N) is 1. The summed E-state index contributed by atoms with van der Waals surface area (Å²) in [6.07, 6.45) is 1.06. The number of rotatable bonds is 2. The summed E-state index contributed by atoms with van der Waals surface area (Å²) in [4.78, 5) is 4.72. The fraction of sp³-hybridized carbons (Fsp3) is 0.462. The van der Waals surface area contributed by atoms with Crippen molar-refractivity contribution in [3.05, 3.63) is 18.2 Å². The highest BCUT2D eigenvalue weighted by molar-refractivity contribution is 8.14. The summed E-state index contributed by atoms with van der Waals surface area (Å²) in [6.45, 7) is 4.67. The van der Waals surface area contributed by atoms with Crippen molar-refractivity contribution in [2.75, 3.05) is 17.9 Å². The molecule has 0 spiro atoms. The van der Waals surface area contributed by atoms with E-state index >= 15 is 0 Å². The minimum atomic E-state index is 0.0728. The second-order valence-electron chi connectivity index (χ2n) is 4.75. The van der Waals surface area contributed by atoms with Crippen LogP contribution in [0.15, 0.2) is 23.2 Å². The second-order valence-corrected chi connectivity index (χ2v) is 5.71. The Morgan fingerprint density at radius 1 is 1.39 bits per heavy atom. The molecule has 96 valence electrons. The summed E-state index contributed by atoms with van der Waals surface area (Å²) >= 11 is 1.77. The molecule has 0 amide bonds. The number of nitrogens with one attached hydrogen (secondary N) is 1. The first-order valence-electron chi connectivity index (χ1n) is 6.08. The van der Waals surface area contributed by atoms with Crippen LogP contribution in [0.25, 0.3) is 0 Å². The summed E-state index contributed by atoms with van der Waals surface area (Å²) in [7, 11) is 0. The van der Waals surface area contributed by atoms with E-state index in [1.54, 1.807) is 11.8 Å². The molecule has 2 aliphatic rings. The Morgan fingerprint density at radius 3 is 3.00 bits per heavy atom. The Labute approximate surface area is 111 Å². The van der Waals surface area contributed by atoms with Crippen LogP contribution in [0.3, 0.4) is 0 Å². The van der Waals surface area contributed by atoms with Crippen LogP contribution < -0.4 is 14.8 Å². The molecule has 0 saturated carbocycles. The van der Waals surface area contributed by atoms with Crippen molar-refractivity contribution in [2.45, 2.75) is 25.8 Å². The van der Waals surface area contributed by atoms with Crippen LogP contribution in [-0.2, 0) is 0 Å². The summed E-state index contributed by atoms with van der Waals surface area (Å²) in [5, 5.41) is 4.32. The first-order valence-corrected chi connectivity index (χ1v) is 7.06. The highest BCUT2D eigenvalue weighted by atomic mass is 32.2. The van der Waals surface area contributed by atoms with Gasteiger partial charge in [0.1, 0.15) is 0 Å². The third-order valence-electron chi connectivity index (χ3n) is 3.28. The van der Waals surface area contributed by atoms with Gasteiger partial charge < -0.3 is 14.8 Å². The number of fused-ring (bicyclic) bond motifs is 1. The molecule has 0 bridgehead atoms. The molecule has 2 heterocycles. The van der Waals surface area contributed by atoms with Crippen LogP contribution in [0.2, 0.25) is 0 Å². The topological polar surface area (TPSA) is 42.8 Å². The zero-order chi connectivity index (χ0) is 12.6. The summed E-state index contributed by atoms with van der Waals surface area (Å²) < 4.78 is 10.6. The van der Waals surface area contributed by atoms with Crippen LogP contribution >= 0.6 is 11.8 Å². The van der Waals surface area contributed by atoms with E-state index in [-0.39, 0.29) is 5.54 Å².